The molecule has 4 rings (SSSR count). The summed E-state index contributed by atoms with van der Waals surface area (Å²) in [6, 6.07) is 14.1. The Hall–Kier alpha value is -2.50. The summed E-state index contributed by atoms with van der Waals surface area (Å²) in [7, 11) is 0. The van der Waals surface area contributed by atoms with Crippen LogP contribution in [-0.2, 0) is 6.54 Å². The van der Waals surface area contributed by atoms with Crippen LogP contribution in [0.1, 0.15) is 12.0 Å². The number of fused-ring (bicyclic) bond motifs is 1. The Labute approximate surface area is 166 Å². The molecule has 138 valence electrons. The van der Waals surface area contributed by atoms with Gasteiger partial charge in [-0.15, -0.1) is 0 Å². The van der Waals surface area contributed by atoms with E-state index >= 15 is 0 Å². The summed E-state index contributed by atoms with van der Waals surface area (Å²) >= 11 is 12.0. The average molecular weight is 403 g/mol. The number of ether oxygens (including phenoxy) is 2. The number of rotatable bonds is 3. The Morgan fingerprint density at radius 1 is 0.926 bits per heavy atom. The van der Waals surface area contributed by atoms with Crippen molar-refractivity contribution in [3.8, 4) is 22.8 Å². The lowest BCUT2D eigenvalue weighted by Gasteiger charge is -2.11. The summed E-state index contributed by atoms with van der Waals surface area (Å²) in [6.45, 7) is 1.55. The molecule has 0 atom stereocenters. The summed E-state index contributed by atoms with van der Waals surface area (Å²) in [5.74, 6) is 1.41. The quantitative estimate of drug-likeness (QED) is 0.650. The molecule has 1 aromatic heterocycles. The fourth-order valence-electron chi connectivity index (χ4n) is 2.85. The van der Waals surface area contributed by atoms with Gasteiger partial charge in [-0.05, 0) is 42.0 Å². The standard InChI is InChI=1S/C20H16Cl2N2O3/c21-15-4-2-13(10-16(15)22)12-24-20(25)7-5-17(23-24)14-3-6-18-19(11-14)27-9-1-8-26-18/h2-7,10-11H,1,8-9,12H2. The Kier molecular flexibility index (Phi) is 5.05. The smallest absolute Gasteiger partial charge is 0.267 e. The van der Waals surface area contributed by atoms with Gasteiger partial charge in [-0.2, -0.15) is 5.10 Å². The maximum absolute atomic E-state index is 12.2. The van der Waals surface area contributed by atoms with Crippen LogP contribution in [0.15, 0.2) is 53.3 Å². The van der Waals surface area contributed by atoms with Crippen molar-refractivity contribution in [2.24, 2.45) is 0 Å². The second kappa shape index (κ2) is 7.62. The summed E-state index contributed by atoms with van der Waals surface area (Å²) in [5.41, 5.74) is 2.17. The van der Waals surface area contributed by atoms with Gasteiger partial charge in [-0.25, -0.2) is 4.68 Å². The van der Waals surface area contributed by atoms with E-state index in [-0.39, 0.29) is 5.56 Å². The number of halogens is 2. The van der Waals surface area contributed by atoms with Crippen molar-refractivity contribution in [1.29, 1.82) is 0 Å². The normalized spacial score (nSPS) is 13.3. The van der Waals surface area contributed by atoms with Crippen LogP contribution in [0.4, 0.5) is 0 Å². The van der Waals surface area contributed by atoms with Crippen molar-refractivity contribution >= 4 is 23.2 Å². The van der Waals surface area contributed by atoms with Gasteiger partial charge in [-0.3, -0.25) is 4.79 Å². The monoisotopic (exact) mass is 402 g/mol. The molecule has 0 spiro atoms. The van der Waals surface area contributed by atoms with E-state index in [9.17, 15) is 4.79 Å². The molecule has 0 unspecified atom stereocenters. The topological polar surface area (TPSA) is 53.4 Å². The molecular weight excluding hydrogens is 387 g/mol. The van der Waals surface area contributed by atoms with Crippen molar-refractivity contribution in [3.05, 3.63) is 74.5 Å². The minimum Gasteiger partial charge on any atom is -0.490 e. The minimum absolute atomic E-state index is 0.195. The molecule has 3 aromatic rings. The third-order valence-electron chi connectivity index (χ3n) is 4.23. The van der Waals surface area contributed by atoms with E-state index in [2.05, 4.69) is 5.10 Å². The summed E-state index contributed by atoms with van der Waals surface area (Å²) < 4.78 is 12.8. The zero-order chi connectivity index (χ0) is 18.8. The van der Waals surface area contributed by atoms with Gasteiger partial charge in [0, 0.05) is 18.1 Å². The van der Waals surface area contributed by atoms with E-state index < -0.39 is 0 Å². The SMILES string of the molecule is O=c1ccc(-c2ccc3c(c2)OCCCO3)nn1Cc1ccc(Cl)c(Cl)c1. The molecule has 5 nitrogen and oxygen atoms in total. The number of aromatic nitrogens is 2. The molecule has 7 heteroatoms. The van der Waals surface area contributed by atoms with Crippen molar-refractivity contribution < 1.29 is 9.47 Å². The van der Waals surface area contributed by atoms with Crippen LogP contribution in [-0.4, -0.2) is 23.0 Å². The van der Waals surface area contributed by atoms with E-state index in [0.717, 1.165) is 23.3 Å². The largest absolute Gasteiger partial charge is 0.490 e. The highest BCUT2D eigenvalue weighted by Crippen LogP contribution is 2.33. The summed E-state index contributed by atoms with van der Waals surface area (Å²) in [4.78, 5) is 12.2. The number of hydrogen-bond donors (Lipinski definition) is 0. The summed E-state index contributed by atoms with van der Waals surface area (Å²) in [5, 5.41) is 5.41. The van der Waals surface area contributed by atoms with Gasteiger partial charge in [0.1, 0.15) is 0 Å². The highest BCUT2D eigenvalue weighted by molar-refractivity contribution is 6.42. The molecule has 0 saturated heterocycles. The van der Waals surface area contributed by atoms with E-state index in [1.165, 1.54) is 10.7 Å². The Bertz CT molecular complexity index is 1050. The lowest BCUT2D eigenvalue weighted by molar-refractivity contribution is 0.297. The third-order valence-corrected chi connectivity index (χ3v) is 4.97. The fraction of sp³-hybridized carbons (Fsp3) is 0.200. The Morgan fingerprint density at radius 2 is 1.74 bits per heavy atom. The van der Waals surface area contributed by atoms with Gasteiger partial charge in [0.15, 0.2) is 11.5 Å². The van der Waals surface area contributed by atoms with Gasteiger partial charge in [-0.1, -0.05) is 29.3 Å². The maximum atomic E-state index is 12.2. The van der Waals surface area contributed by atoms with Crippen LogP contribution in [0.2, 0.25) is 10.0 Å². The second-order valence-corrected chi connectivity index (χ2v) is 6.99. The van der Waals surface area contributed by atoms with Gasteiger partial charge >= 0.3 is 0 Å². The third kappa shape index (κ3) is 3.94. The van der Waals surface area contributed by atoms with Gasteiger partial charge in [0.25, 0.3) is 5.56 Å². The highest BCUT2D eigenvalue weighted by atomic mass is 35.5. The fourth-order valence-corrected chi connectivity index (χ4v) is 3.17. The first-order valence-electron chi connectivity index (χ1n) is 8.52. The van der Waals surface area contributed by atoms with Crippen LogP contribution in [0.3, 0.4) is 0 Å². The number of benzene rings is 2. The Balaban J connectivity index is 1.67. The first-order valence-corrected chi connectivity index (χ1v) is 9.28. The first kappa shape index (κ1) is 17.9. The Morgan fingerprint density at radius 3 is 2.56 bits per heavy atom. The number of nitrogens with zero attached hydrogens (tertiary/aromatic N) is 2. The maximum Gasteiger partial charge on any atom is 0.267 e. The second-order valence-electron chi connectivity index (χ2n) is 6.17. The van der Waals surface area contributed by atoms with Gasteiger partial charge < -0.3 is 9.47 Å². The zero-order valence-electron chi connectivity index (χ0n) is 14.3. The molecule has 0 radical (unpaired) electrons. The molecule has 2 aromatic carbocycles. The van der Waals surface area contributed by atoms with E-state index in [1.54, 1.807) is 18.2 Å². The average Bonchev–Trinajstić information content (AvgIpc) is 2.91. The molecule has 1 aliphatic rings. The predicted octanol–water partition coefficient (Wildman–Crippen LogP) is 4.43. The zero-order valence-corrected chi connectivity index (χ0v) is 15.8. The number of hydrogen-bond acceptors (Lipinski definition) is 4. The van der Waals surface area contributed by atoms with Crippen molar-refractivity contribution in [2.75, 3.05) is 13.2 Å². The van der Waals surface area contributed by atoms with Gasteiger partial charge in [0.05, 0.1) is 35.5 Å². The molecule has 0 N–H and O–H groups in total. The van der Waals surface area contributed by atoms with Gasteiger partial charge in [0.2, 0.25) is 0 Å². The molecule has 27 heavy (non-hydrogen) atoms. The van der Waals surface area contributed by atoms with E-state index in [0.29, 0.717) is 41.2 Å². The molecule has 0 bridgehead atoms. The van der Waals surface area contributed by atoms with Crippen LogP contribution in [0.5, 0.6) is 11.5 Å². The predicted molar refractivity (Wildman–Crippen MR) is 105 cm³/mol. The first-order chi connectivity index (χ1) is 13.1. The molecule has 1 aliphatic heterocycles. The van der Waals surface area contributed by atoms with E-state index in [4.69, 9.17) is 32.7 Å². The molecule has 0 amide bonds. The molecular formula is C20H16Cl2N2O3. The van der Waals surface area contributed by atoms with Crippen molar-refractivity contribution in [1.82, 2.24) is 9.78 Å². The van der Waals surface area contributed by atoms with Crippen LogP contribution in [0.25, 0.3) is 11.3 Å². The van der Waals surface area contributed by atoms with Crippen molar-refractivity contribution in [2.45, 2.75) is 13.0 Å². The highest BCUT2D eigenvalue weighted by Gasteiger charge is 2.13. The minimum atomic E-state index is -0.195. The lowest BCUT2D eigenvalue weighted by Crippen LogP contribution is -2.22. The van der Waals surface area contributed by atoms with Crippen LogP contribution < -0.4 is 15.0 Å². The van der Waals surface area contributed by atoms with Crippen LogP contribution >= 0.6 is 23.2 Å². The van der Waals surface area contributed by atoms with Crippen molar-refractivity contribution in [3.63, 3.8) is 0 Å². The van der Waals surface area contributed by atoms with E-state index in [1.807, 2.05) is 24.3 Å². The molecule has 0 saturated carbocycles. The molecule has 0 aliphatic carbocycles. The van der Waals surface area contributed by atoms with Crippen LogP contribution in [0, 0.1) is 0 Å². The lowest BCUT2D eigenvalue weighted by atomic mass is 10.1. The molecule has 0 fully saturated rings. The molecule has 2 heterocycles. The summed E-state index contributed by atoms with van der Waals surface area (Å²) in [6.07, 6.45) is 0.844.